The molecule has 2 rings (SSSR count). The van der Waals surface area contributed by atoms with Crippen molar-refractivity contribution in [1.29, 1.82) is 0 Å². The second-order valence-corrected chi connectivity index (χ2v) is 5.35. The summed E-state index contributed by atoms with van der Waals surface area (Å²) in [6.07, 6.45) is 4.64. The van der Waals surface area contributed by atoms with Crippen LogP contribution >= 0.6 is 11.6 Å². The molecular formula is C12H20ClN3O2. The van der Waals surface area contributed by atoms with Crippen molar-refractivity contribution in [3.05, 3.63) is 16.9 Å². The molecule has 2 atom stereocenters. The number of halogens is 1. The molecule has 0 amide bonds. The van der Waals surface area contributed by atoms with Gasteiger partial charge in [-0.15, -0.1) is 0 Å². The van der Waals surface area contributed by atoms with Gasteiger partial charge in [0.05, 0.1) is 30.1 Å². The molecule has 5 nitrogen and oxygen atoms in total. The Hall–Kier alpha value is -0.620. The Morgan fingerprint density at radius 1 is 1.72 bits per heavy atom. The number of rotatable bonds is 4. The van der Waals surface area contributed by atoms with Gasteiger partial charge in [0, 0.05) is 13.2 Å². The fourth-order valence-electron chi connectivity index (χ4n) is 2.68. The second kappa shape index (κ2) is 5.57. The van der Waals surface area contributed by atoms with Crippen molar-refractivity contribution in [1.82, 2.24) is 9.78 Å². The van der Waals surface area contributed by atoms with E-state index in [0.29, 0.717) is 36.7 Å². The average molecular weight is 274 g/mol. The van der Waals surface area contributed by atoms with Crippen LogP contribution in [0.2, 0.25) is 5.02 Å². The highest BCUT2D eigenvalue weighted by atomic mass is 35.5. The van der Waals surface area contributed by atoms with Crippen LogP contribution in [0.15, 0.2) is 6.20 Å². The summed E-state index contributed by atoms with van der Waals surface area (Å²) in [5, 5.41) is 15.5. The number of nitrogens with two attached hydrogens (primary N) is 1. The molecule has 2 unspecified atom stereocenters. The number of hydrogen-bond donors (Lipinski definition) is 2. The van der Waals surface area contributed by atoms with Crippen LogP contribution in [0.1, 0.15) is 31.4 Å². The summed E-state index contributed by atoms with van der Waals surface area (Å²) < 4.78 is 6.77. The first-order valence-electron chi connectivity index (χ1n) is 6.25. The molecule has 1 aliphatic rings. The molecule has 102 valence electrons. The summed E-state index contributed by atoms with van der Waals surface area (Å²) in [7, 11) is 1.63. The first-order valence-corrected chi connectivity index (χ1v) is 6.63. The van der Waals surface area contributed by atoms with E-state index in [1.807, 2.05) is 0 Å². The topological polar surface area (TPSA) is 73.3 Å². The Labute approximate surface area is 112 Å². The van der Waals surface area contributed by atoms with Crippen molar-refractivity contribution >= 4 is 11.6 Å². The van der Waals surface area contributed by atoms with Gasteiger partial charge in [-0.25, -0.2) is 0 Å². The quantitative estimate of drug-likeness (QED) is 0.867. The van der Waals surface area contributed by atoms with Gasteiger partial charge in [-0.05, 0) is 25.7 Å². The lowest BCUT2D eigenvalue weighted by Gasteiger charge is -2.36. The molecule has 0 radical (unpaired) electrons. The van der Waals surface area contributed by atoms with Crippen LogP contribution in [0, 0.1) is 0 Å². The number of aromatic nitrogens is 2. The normalized spacial score (nSPS) is 28.6. The maximum Gasteiger partial charge on any atom is 0.109 e. The molecule has 1 aliphatic carbocycles. The summed E-state index contributed by atoms with van der Waals surface area (Å²) >= 11 is 6.17. The highest BCUT2D eigenvalue weighted by Crippen LogP contribution is 2.39. The van der Waals surface area contributed by atoms with Gasteiger partial charge in [0.1, 0.15) is 5.60 Å². The van der Waals surface area contributed by atoms with Crippen molar-refractivity contribution < 1.29 is 9.84 Å². The van der Waals surface area contributed by atoms with Crippen LogP contribution in [-0.4, -0.2) is 34.6 Å². The number of nitrogens with zero attached hydrogens (tertiary/aromatic N) is 2. The van der Waals surface area contributed by atoms with E-state index in [1.54, 1.807) is 18.0 Å². The third kappa shape index (κ3) is 2.69. The Morgan fingerprint density at radius 2 is 2.50 bits per heavy atom. The lowest BCUT2D eigenvalue weighted by molar-refractivity contribution is -0.0157. The summed E-state index contributed by atoms with van der Waals surface area (Å²) in [5.74, 6) is 0. The first-order chi connectivity index (χ1) is 8.57. The second-order valence-electron chi connectivity index (χ2n) is 4.95. The maximum absolute atomic E-state index is 10.8. The van der Waals surface area contributed by atoms with Gasteiger partial charge >= 0.3 is 0 Å². The minimum atomic E-state index is -0.959. The molecule has 0 saturated heterocycles. The third-order valence-electron chi connectivity index (χ3n) is 3.51. The smallest absolute Gasteiger partial charge is 0.109 e. The number of aliphatic hydroxyl groups is 1. The van der Waals surface area contributed by atoms with Gasteiger partial charge in [0.15, 0.2) is 0 Å². The van der Waals surface area contributed by atoms with Crippen molar-refractivity contribution in [3.63, 3.8) is 0 Å². The van der Waals surface area contributed by atoms with E-state index >= 15 is 0 Å². The summed E-state index contributed by atoms with van der Waals surface area (Å²) in [5.41, 5.74) is 5.68. The minimum Gasteiger partial charge on any atom is -0.383 e. The standard InChI is InChI=1S/C12H20ClN3O2/c1-18-6-5-16-11(10(13)8-15-16)12(17)4-2-3-9(14)7-12/h8-9,17H,2-7,14H2,1H3. The molecule has 3 N–H and O–H groups in total. The van der Waals surface area contributed by atoms with Gasteiger partial charge in [-0.1, -0.05) is 11.6 Å². The summed E-state index contributed by atoms with van der Waals surface area (Å²) in [6, 6.07) is 0.0191. The predicted octanol–water partition coefficient (Wildman–Crippen LogP) is 1.27. The minimum absolute atomic E-state index is 0.0191. The zero-order valence-electron chi connectivity index (χ0n) is 10.6. The number of ether oxygens (including phenoxy) is 1. The third-order valence-corrected chi connectivity index (χ3v) is 3.78. The van der Waals surface area contributed by atoms with E-state index in [-0.39, 0.29) is 6.04 Å². The first kappa shape index (κ1) is 13.8. The molecule has 0 bridgehead atoms. The van der Waals surface area contributed by atoms with Crippen LogP contribution in [-0.2, 0) is 16.9 Å². The molecule has 1 fully saturated rings. The SMILES string of the molecule is COCCn1ncc(Cl)c1C1(O)CCCC(N)C1. The zero-order chi connectivity index (χ0) is 13.2. The van der Waals surface area contributed by atoms with E-state index in [1.165, 1.54) is 0 Å². The lowest BCUT2D eigenvalue weighted by Crippen LogP contribution is -2.40. The Kier molecular flexibility index (Phi) is 4.27. The van der Waals surface area contributed by atoms with E-state index in [0.717, 1.165) is 12.8 Å². The molecule has 1 saturated carbocycles. The monoisotopic (exact) mass is 273 g/mol. The van der Waals surface area contributed by atoms with Crippen molar-refractivity contribution in [2.75, 3.05) is 13.7 Å². The average Bonchev–Trinajstić information content (AvgIpc) is 2.68. The van der Waals surface area contributed by atoms with Gasteiger partial charge in [0.25, 0.3) is 0 Å². The van der Waals surface area contributed by atoms with Crippen molar-refractivity contribution in [2.45, 2.75) is 43.9 Å². The fourth-order valence-corrected chi connectivity index (χ4v) is 3.00. The van der Waals surface area contributed by atoms with Gasteiger partial charge < -0.3 is 15.6 Å². The van der Waals surface area contributed by atoms with E-state index in [4.69, 9.17) is 22.1 Å². The Morgan fingerprint density at radius 3 is 3.17 bits per heavy atom. The van der Waals surface area contributed by atoms with Crippen LogP contribution in [0.3, 0.4) is 0 Å². The maximum atomic E-state index is 10.8. The zero-order valence-corrected chi connectivity index (χ0v) is 11.4. The Bertz CT molecular complexity index is 410. The van der Waals surface area contributed by atoms with Crippen LogP contribution < -0.4 is 5.73 Å². The molecule has 0 aliphatic heterocycles. The van der Waals surface area contributed by atoms with Crippen LogP contribution in [0.25, 0.3) is 0 Å². The number of hydrogen-bond acceptors (Lipinski definition) is 4. The highest BCUT2D eigenvalue weighted by Gasteiger charge is 2.39. The van der Waals surface area contributed by atoms with Crippen LogP contribution in [0.4, 0.5) is 0 Å². The largest absolute Gasteiger partial charge is 0.383 e. The number of methoxy groups -OCH3 is 1. The molecule has 0 spiro atoms. The predicted molar refractivity (Wildman–Crippen MR) is 69.5 cm³/mol. The van der Waals surface area contributed by atoms with Crippen LogP contribution in [0.5, 0.6) is 0 Å². The molecule has 1 aromatic heterocycles. The van der Waals surface area contributed by atoms with Crippen molar-refractivity contribution in [3.8, 4) is 0 Å². The van der Waals surface area contributed by atoms with Gasteiger partial charge in [-0.3, -0.25) is 4.68 Å². The van der Waals surface area contributed by atoms with Gasteiger partial charge in [0.2, 0.25) is 0 Å². The molecule has 1 heterocycles. The lowest BCUT2D eigenvalue weighted by atomic mass is 9.80. The molecule has 1 aromatic rings. The van der Waals surface area contributed by atoms with Crippen molar-refractivity contribution in [2.24, 2.45) is 5.73 Å². The molecular weight excluding hydrogens is 254 g/mol. The van der Waals surface area contributed by atoms with E-state index < -0.39 is 5.60 Å². The summed E-state index contributed by atoms with van der Waals surface area (Å²) in [4.78, 5) is 0. The molecule has 18 heavy (non-hydrogen) atoms. The molecule has 6 heteroatoms. The van der Waals surface area contributed by atoms with E-state index in [9.17, 15) is 5.11 Å². The summed E-state index contributed by atoms with van der Waals surface area (Å²) in [6.45, 7) is 1.11. The fraction of sp³-hybridized carbons (Fsp3) is 0.750. The molecule has 0 aromatic carbocycles. The van der Waals surface area contributed by atoms with Gasteiger partial charge in [-0.2, -0.15) is 5.10 Å². The van der Waals surface area contributed by atoms with E-state index in [2.05, 4.69) is 5.10 Å². The highest BCUT2D eigenvalue weighted by molar-refractivity contribution is 6.31. The Balaban J connectivity index is 2.27.